The number of carbonyl (C=O) groups excluding carboxylic acids is 1. The smallest absolute Gasteiger partial charge is 0.315 e. The molecule has 19 heavy (non-hydrogen) atoms. The minimum Gasteiger partial charge on any atom is -0.481 e. The Labute approximate surface area is 116 Å². The molecule has 0 spiro atoms. The molecule has 0 aliphatic rings. The molecule has 0 fully saturated rings. The Kier molecular flexibility index (Phi) is 5.42. The summed E-state index contributed by atoms with van der Waals surface area (Å²) in [4.78, 5) is 23.3. The molecule has 0 rings (SSSR count). The molecule has 0 radical (unpaired) electrons. The van der Waals surface area contributed by atoms with Gasteiger partial charge in [-0.15, -0.1) is 0 Å². The summed E-state index contributed by atoms with van der Waals surface area (Å²) < 4.78 is 0. The maximum Gasteiger partial charge on any atom is 0.315 e. The van der Waals surface area contributed by atoms with Crippen LogP contribution in [0, 0.1) is 5.41 Å². The van der Waals surface area contributed by atoms with Crippen molar-refractivity contribution in [3.05, 3.63) is 0 Å². The fourth-order valence-corrected chi connectivity index (χ4v) is 1.44. The van der Waals surface area contributed by atoms with Crippen molar-refractivity contribution in [3.63, 3.8) is 0 Å². The summed E-state index contributed by atoms with van der Waals surface area (Å²) in [6.07, 6.45) is 1.64. The SMILES string of the molecule is CCC(C)(CC)NC(=O)NC(C)(C)C(C)(C)C(=O)O. The van der Waals surface area contributed by atoms with Crippen LogP contribution in [0.2, 0.25) is 0 Å². The number of urea groups is 1. The number of rotatable bonds is 6. The first-order valence-electron chi connectivity index (χ1n) is 6.75. The van der Waals surface area contributed by atoms with Crippen molar-refractivity contribution >= 4 is 12.0 Å². The molecule has 0 aromatic heterocycles. The maximum absolute atomic E-state index is 12.0. The van der Waals surface area contributed by atoms with E-state index in [1.54, 1.807) is 27.7 Å². The number of hydrogen-bond acceptors (Lipinski definition) is 2. The van der Waals surface area contributed by atoms with Gasteiger partial charge in [0, 0.05) is 5.54 Å². The number of carboxylic acid groups (broad SMARTS) is 1. The molecule has 0 aliphatic heterocycles. The number of nitrogens with one attached hydrogen (secondary N) is 2. The first-order valence-corrected chi connectivity index (χ1v) is 6.75. The third-order valence-electron chi connectivity index (χ3n) is 4.50. The van der Waals surface area contributed by atoms with E-state index in [4.69, 9.17) is 0 Å². The van der Waals surface area contributed by atoms with Gasteiger partial charge in [-0.1, -0.05) is 13.8 Å². The zero-order valence-corrected chi connectivity index (χ0v) is 13.2. The molecule has 0 aromatic rings. The standard InChI is InChI=1S/C14H28N2O3/c1-8-14(7,9-2)16-11(19)15-13(5,6)12(3,4)10(17)18/h8-9H2,1-7H3,(H,17,18)(H2,15,16,19). The fraction of sp³-hybridized carbons (Fsp3) is 0.857. The highest BCUT2D eigenvalue weighted by Crippen LogP contribution is 2.30. The lowest BCUT2D eigenvalue weighted by Crippen LogP contribution is -2.61. The van der Waals surface area contributed by atoms with Crippen LogP contribution in [0.4, 0.5) is 4.79 Å². The molecule has 5 heteroatoms. The number of carboxylic acids is 1. The summed E-state index contributed by atoms with van der Waals surface area (Å²) in [5.74, 6) is -0.938. The molecule has 0 bridgehead atoms. The van der Waals surface area contributed by atoms with Crippen molar-refractivity contribution in [2.45, 2.75) is 72.4 Å². The van der Waals surface area contributed by atoms with Crippen LogP contribution >= 0.6 is 0 Å². The Morgan fingerprint density at radius 1 is 0.947 bits per heavy atom. The zero-order chi connectivity index (χ0) is 15.5. The first kappa shape index (κ1) is 17.7. The third-order valence-corrected chi connectivity index (χ3v) is 4.50. The van der Waals surface area contributed by atoms with Crippen LogP contribution in [0.3, 0.4) is 0 Å². The van der Waals surface area contributed by atoms with Crippen LogP contribution in [0.25, 0.3) is 0 Å². The van der Waals surface area contributed by atoms with Gasteiger partial charge in [-0.25, -0.2) is 4.79 Å². The van der Waals surface area contributed by atoms with Crippen molar-refractivity contribution in [1.82, 2.24) is 10.6 Å². The average Bonchev–Trinajstić information content (AvgIpc) is 2.27. The predicted octanol–water partition coefficient (Wildman–Crippen LogP) is 2.75. The highest BCUT2D eigenvalue weighted by atomic mass is 16.4. The number of aliphatic carboxylic acids is 1. The average molecular weight is 272 g/mol. The van der Waals surface area contributed by atoms with Gasteiger partial charge in [0.1, 0.15) is 0 Å². The summed E-state index contributed by atoms with van der Waals surface area (Å²) in [5.41, 5.74) is -2.18. The summed E-state index contributed by atoms with van der Waals surface area (Å²) in [7, 11) is 0. The molecule has 0 atom stereocenters. The van der Waals surface area contributed by atoms with Gasteiger partial charge in [-0.05, 0) is 47.5 Å². The van der Waals surface area contributed by atoms with Gasteiger partial charge in [0.15, 0.2) is 0 Å². The molecule has 0 aliphatic carbocycles. The second-order valence-electron chi connectivity index (χ2n) is 6.40. The predicted molar refractivity (Wildman–Crippen MR) is 76.2 cm³/mol. The van der Waals surface area contributed by atoms with E-state index in [2.05, 4.69) is 10.6 Å². The first-order chi connectivity index (χ1) is 8.42. The molecule has 2 amide bonds. The lowest BCUT2D eigenvalue weighted by atomic mass is 9.74. The minimum atomic E-state index is -1.06. The van der Waals surface area contributed by atoms with Crippen molar-refractivity contribution in [2.24, 2.45) is 5.41 Å². The van der Waals surface area contributed by atoms with E-state index >= 15 is 0 Å². The summed E-state index contributed by atoms with van der Waals surface area (Å²) in [6, 6.07) is -0.328. The van der Waals surface area contributed by atoms with Crippen LogP contribution in [0.15, 0.2) is 0 Å². The van der Waals surface area contributed by atoms with Crippen LogP contribution in [-0.4, -0.2) is 28.2 Å². The van der Waals surface area contributed by atoms with E-state index in [1.165, 1.54) is 0 Å². The quantitative estimate of drug-likeness (QED) is 0.695. The van der Waals surface area contributed by atoms with E-state index in [9.17, 15) is 14.7 Å². The molecule has 3 N–H and O–H groups in total. The van der Waals surface area contributed by atoms with Crippen LogP contribution in [-0.2, 0) is 4.79 Å². The van der Waals surface area contributed by atoms with Crippen molar-refractivity contribution in [1.29, 1.82) is 0 Å². The van der Waals surface area contributed by atoms with Crippen molar-refractivity contribution < 1.29 is 14.7 Å². The van der Waals surface area contributed by atoms with Crippen molar-refractivity contribution in [3.8, 4) is 0 Å². The minimum absolute atomic E-state index is 0.270. The van der Waals surface area contributed by atoms with Crippen molar-refractivity contribution in [2.75, 3.05) is 0 Å². The Morgan fingerprint density at radius 3 is 1.68 bits per heavy atom. The van der Waals surface area contributed by atoms with Crippen LogP contribution < -0.4 is 10.6 Å². The molecule has 112 valence electrons. The Balaban J connectivity index is 4.86. The van der Waals surface area contributed by atoms with Gasteiger partial charge in [0.25, 0.3) is 0 Å². The Hall–Kier alpha value is -1.26. The topological polar surface area (TPSA) is 78.4 Å². The van der Waals surface area contributed by atoms with Crippen LogP contribution in [0.1, 0.15) is 61.3 Å². The highest BCUT2D eigenvalue weighted by molar-refractivity contribution is 5.80. The molecular formula is C14H28N2O3. The fourth-order valence-electron chi connectivity index (χ4n) is 1.44. The third kappa shape index (κ3) is 4.11. The van der Waals surface area contributed by atoms with Gasteiger partial charge in [0.05, 0.1) is 11.0 Å². The van der Waals surface area contributed by atoms with Gasteiger partial charge >= 0.3 is 12.0 Å². The van der Waals surface area contributed by atoms with Gasteiger partial charge < -0.3 is 15.7 Å². The molecule has 0 saturated carbocycles. The van der Waals surface area contributed by atoms with E-state index in [1.807, 2.05) is 20.8 Å². The summed E-state index contributed by atoms with van der Waals surface area (Å²) >= 11 is 0. The molecule has 0 unspecified atom stereocenters. The molecule has 0 heterocycles. The Bertz CT molecular complexity index is 345. The van der Waals surface area contributed by atoms with E-state index in [0.717, 1.165) is 12.8 Å². The van der Waals surface area contributed by atoms with Gasteiger partial charge in [-0.2, -0.15) is 0 Å². The summed E-state index contributed by atoms with van der Waals surface area (Å²) in [5, 5.41) is 14.9. The normalized spacial score (nSPS) is 13.0. The van der Waals surface area contributed by atoms with E-state index < -0.39 is 16.9 Å². The summed E-state index contributed by atoms with van der Waals surface area (Å²) in [6.45, 7) is 12.6. The van der Waals surface area contributed by atoms with E-state index in [0.29, 0.717) is 0 Å². The van der Waals surface area contributed by atoms with Gasteiger partial charge in [0.2, 0.25) is 0 Å². The Morgan fingerprint density at radius 2 is 1.37 bits per heavy atom. The van der Waals surface area contributed by atoms with Crippen LogP contribution in [0.5, 0.6) is 0 Å². The molecule has 5 nitrogen and oxygen atoms in total. The highest BCUT2D eigenvalue weighted by Gasteiger charge is 2.44. The molecular weight excluding hydrogens is 244 g/mol. The monoisotopic (exact) mass is 272 g/mol. The van der Waals surface area contributed by atoms with E-state index in [-0.39, 0.29) is 11.6 Å². The number of amides is 2. The second kappa shape index (κ2) is 5.80. The lowest BCUT2D eigenvalue weighted by molar-refractivity contribution is -0.150. The number of hydrogen-bond donors (Lipinski definition) is 3. The second-order valence-corrected chi connectivity index (χ2v) is 6.40. The maximum atomic E-state index is 12.0. The largest absolute Gasteiger partial charge is 0.481 e. The van der Waals surface area contributed by atoms with Gasteiger partial charge in [-0.3, -0.25) is 4.79 Å². The lowest BCUT2D eigenvalue weighted by Gasteiger charge is -2.40. The number of carbonyl (C=O) groups is 2. The zero-order valence-electron chi connectivity index (χ0n) is 13.2. The molecule has 0 aromatic carbocycles. The molecule has 0 saturated heterocycles.